The summed E-state index contributed by atoms with van der Waals surface area (Å²) < 4.78 is 29.3. The van der Waals surface area contributed by atoms with Crippen molar-refractivity contribution in [2.75, 3.05) is 10.8 Å². The first-order valence-corrected chi connectivity index (χ1v) is 16.2. The number of halogens is 1. The van der Waals surface area contributed by atoms with E-state index in [0.717, 1.165) is 9.87 Å². The summed E-state index contributed by atoms with van der Waals surface area (Å²) in [5.41, 5.74) is 1.98. The normalized spacial score (nSPS) is 12.3. The van der Waals surface area contributed by atoms with Crippen molar-refractivity contribution in [2.45, 2.75) is 57.1 Å². The Kier molecular flexibility index (Phi) is 10.5. The molecule has 0 spiro atoms. The zero-order valence-corrected chi connectivity index (χ0v) is 27.0. The second-order valence-corrected chi connectivity index (χ2v) is 13.9. The Morgan fingerprint density at radius 1 is 0.818 bits per heavy atom. The summed E-state index contributed by atoms with van der Waals surface area (Å²) in [6, 6.07) is 30.6. The third kappa shape index (κ3) is 8.27. The minimum Gasteiger partial charge on any atom is -0.350 e. The van der Waals surface area contributed by atoms with Crippen LogP contribution in [0.4, 0.5) is 5.69 Å². The average Bonchev–Trinajstić information content (AvgIpc) is 2.99. The second-order valence-electron chi connectivity index (χ2n) is 11.7. The summed E-state index contributed by atoms with van der Waals surface area (Å²) >= 11 is 6.55. The Labute approximate surface area is 265 Å². The zero-order valence-electron chi connectivity index (χ0n) is 25.4. The molecule has 0 saturated carbocycles. The molecule has 4 rings (SSSR count). The molecule has 0 aliphatic rings. The van der Waals surface area contributed by atoms with E-state index in [2.05, 4.69) is 5.32 Å². The van der Waals surface area contributed by atoms with Crippen LogP contribution in [-0.4, -0.2) is 43.3 Å². The number of aryl methyl sites for hydroxylation is 1. The number of hydrogen-bond acceptors (Lipinski definition) is 4. The molecule has 9 heteroatoms. The molecular formula is C35H38ClN3O4S. The largest absolute Gasteiger partial charge is 0.350 e. The third-order valence-electron chi connectivity index (χ3n) is 7.06. The summed E-state index contributed by atoms with van der Waals surface area (Å²) in [4.78, 5) is 30.0. The number of anilines is 1. The number of hydrogen-bond donors (Lipinski definition) is 1. The minimum atomic E-state index is -4.16. The summed E-state index contributed by atoms with van der Waals surface area (Å²) in [5.74, 6) is -0.896. The fourth-order valence-electron chi connectivity index (χ4n) is 4.89. The van der Waals surface area contributed by atoms with Crippen molar-refractivity contribution in [2.24, 2.45) is 0 Å². The number of nitrogens with one attached hydrogen (secondary N) is 1. The molecular weight excluding hydrogens is 594 g/mol. The van der Waals surface area contributed by atoms with E-state index in [0.29, 0.717) is 21.8 Å². The lowest BCUT2D eigenvalue weighted by Crippen LogP contribution is -2.56. The van der Waals surface area contributed by atoms with Crippen molar-refractivity contribution >= 4 is 39.1 Å². The van der Waals surface area contributed by atoms with Crippen LogP contribution < -0.4 is 9.62 Å². The third-order valence-corrected chi connectivity index (χ3v) is 9.20. The molecule has 4 aromatic rings. The lowest BCUT2D eigenvalue weighted by molar-refractivity contribution is -0.140. The molecule has 1 N–H and O–H groups in total. The van der Waals surface area contributed by atoms with E-state index in [9.17, 15) is 18.0 Å². The van der Waals surface area contributed by atoms with Gasteiger partial charge in [0.1, 0.15) is 12.6 Å². The van der Waals surface area contributed by atoms with Gasteiger partial charge in [0.2, 0.25) is 11.8 Å². The van der Waals surface area contributed by atoms with Gasteiger partial charge in [-0.25, -0.2) is 8.42 Å². The molecule has 0 radical (unpaired) electrons. The number of nitrogens with zero attached hydrogens (tertiary/aromatic N) is 2. The highest BCUT2D eigenvalue weighted by Crippen LogP contribution is 2.28. The van der Waals surface area contributed by atoms with Crippen molar-refractivity contribution in [1.82, 2.24) is 10.2 Å². The number of amides is 2. The molecule has 0 heterocycles. The molecule has 0 unspecified atom stereocenters. The van der Waals surface area contributed by atoms with Crippen LogP contribution in [0.3, 0.4) is 0 Å². The first kappa shape index (κ1) is 32.8. The highest BCUT2D eigenvalue weighted by Gasteiger charge is 2.36. The molecule has 1 atom stereocenters. The van der Waals surface area contributed by atoms with Crippen molar-refractivity contribution in [3.05, 3.63) is 131 Å². The van der Waals surface area contributed by atoms with E-state index in [1.165, 1.54) is 17.0 Å². The maximum atomic E-state index is 14.5. The van der Waals surface area contributed by atoms with Crippen LogP contribution in [0.25, 0.3) is 0 Å². The van der Waals surface area contributed by atoms with Gasteiger partial charge in [-0.15, -0.1) is 0 Å². The SMILES string of the molecule is Cc1ccccc1N(CC(=O)N(Cc1ccccc1Cl)[C@@H](Cc1ccccc1)C(=O)NC(C)(C)C)S(=O)(=O)c1ccccc1. The van der Waals surface area contributed by atoms with Gasteiger partial charge in [-0.2, -0.15) is 0 Å². The van der Waals surface area contributed by atoms with E-state index >= 15 is 0 Å². The van der Waals surface area contributed by atoms with Gasteiger partial charge < -0.3 is 10.2 Å². The first-order valence-electron chi connectivity index (χ1n) is 14.4. The molecule has 0 bridgehead atoms. The van der Waals surface area contributed by atoms with E-state index in [4.69, 9.17) is 11.6 Å². The lowest BCUT2D eigenvalue weighted by Gasteiger charge is -2.35. The quantitative estimate of drug-likeness (QED) is 0.208. The van der Waals surface area contributed by atoms with Crippen LogP contribution >= 0.6 is 11.6 Å². The fourth-order valence-corrected chi connectivity index (χ4v) is 6.59. The summed E-state index contributed by atoms with van der Waals surface area (Å²) in [7, 11) is -4.16. The van der Waals surface area contributed by atoms with Gasteiger partial charge in [0, 0.05) is 23.5 Å². The molecule has 0 saturated heterocycles. The van der Waals surface area contributed by atoms with Gasteiger partial charge in [-0.1, -0.05) is 96.5 Å². The molecule has 7 nitrogen and oxygen atoms in total. The summed E-state index contributed by atoms with van der Waals surface area (Å²) in [6.45, 7) is 6.89. The number of para-hydroxylation sites is 1. The average molecular weight is 632 g/mol. The first-order chi connectivity index (χ1) is 20.9. The molecule has 0 fully saturated rings. The number of benzene rings is 4. The van der Waals surface area contributed by atoms with E-state index in [1.807, 2.05) is 63.2 Å². The van der Waals surface area contributed by atoms with Crippen molar-refractivity contribution in [3.8, 4) is 0 Å². The Morgan fingerprint density at radius 3 is 2.00 bits per heavy atom. The van der Waals surface area contributed by atoms with E-state index in [-0.39, 0.29) is 23.8 Å². The predicted molar refractivity (Wildman–Crippen MR) is 176 cm³/mol. The number of rotatable bonds is 11. The number of carbonyl (C=O) groups excluding carboxylic acids is 2. The van der Waals surface area contributed by atoms with E-state index in [1.54, 1.807) is 61.5 Å². The Balaban J connectivity index is 1.83. The topological polar surface area (TPSA) is 86.8 Å². The van der Waals surface area contributed by atoms with Crippen molar-refractivity contribution < 1.29 is 18.0 Å². The van der Waals surface area contributed by atoms with E-state index < -0.39 is 34.1 Å². The second kappa shape index (κ2) is 14.1. The van der Waals surface area contributed by atoms with Gasteiger partial charge in [-0.05, 0) is 68.7 Å². The van der Waals surface area contributed by atoms with Crippen molar-refractivity contribution in [1.29, 1.82) is 0 Å². The van der Waals surface area contributed by atoms with Gasteiger partial charge in [0.05, 0.1) is 10.6 Å². The fraction of sp³-hybridized carbons (Fsp3) is 0.257. The van der Waals surface area contributed by atoms with Crippen LogP contribution in [0.1, 0.15) is 37.5 Å². The van der Waals surface area contributed by atoms with Gasteiger partial charge in [0.15, 0.2) is 0 Å². The van der Waals surface area contributed by atoms with Crippen LogP contribution in [-0.2, 0) is 32.6 Å². The highest BCUT2D eigenvalue weighted by molar-refractivity contribution is 7.92. The van der Waals surface area contributed by atoms with Crippen molar-refractivity contribution in [3.63, 3.8) is 0 Å². The molecule has 0 aliphatic carbocycles. The lowest BCUT2D eigenvalue weighted by atomic mass is 10.0. The monoisotopic (exact) mass is 631 g/mol. The van der Waals surface area contributed by atoms with Gasteiger partial charge in [-0.3, -0.25) is 13.9 Å². The summed E-state index contributed by atoms with van der Waals surface area (Å²) in [5, 5.41) is 3.47. The smallest absolute Gasteiger partial charge is 0.264 e. The Bertz CT molecular complexity index is 1690. The molecule has 44 heavy (non-hydrogen) atoms. The minimum absolute atomic E-state index is 0.000562. The molecule has 4 aromatic carbocycles. The van der Waals surface area contributed by atoms with Crippen LogP contribution in [0.5, 0.6) is 0 Å². The van der Waals surface area contributed by atoms with Gasteiger partial charge in [0.25, 0.3) is 10.0 Å². The Hall–Kier alpha value is -4.14. The van der Waals surface area contributed by atoms with Crippen LogP contribution in [0.2, 0.25) is 5.02 Å². The maximum absolute atomic E-state index is 14.5. The molecule has 230 valence electrons. The number of sulfonamides is 1. The van der Waals surface area contributed by atoms with Crippen LogP contribution in [0, 0.1) is 6.92 Å². The highest BCUT2D eigenvalue weighted by atomic mass is 35.5. The molecule has 2 amide bonds. The maximum Gasteiger partial charge on any atom is 0.264 e. The standard InChI is InChI=1S/C35H38ClN3O4S/c1-26-15-11-14-22-31(26)39(44(42,43)29-19-9-6-10-20-29)25-33(40)38(24-28-18-12-13-21-30(28)36)32(34(41)37-35(2,3)4)23-27-16-7-5-8-17-27/h5-22,32H,23-25H2,1-4H3,(H,37,41)/t32-/m0/s1. The molecule has 0 aromatic heterocycles. The van der Waals surface area contributed by atoms with Crippen LogP contribution in [0.15, 0.2) is 114 Å². The zero-order chi connectivity index (χ0) is 31.9. The number of carbonyl (C=O) groups is 2. The Morgan fingerprint density at radius 2 is 1.39 bits per heavy atom. The van der Waals surface area contributed by atoms with Gasteiger partial charge >= 0.3 is 0 Å². The predicted octanol–water partition coefficient (Wildman–Crippen LogP) is 6.40. The molecule has 0 aliphatic heterocycles. The summed E-state index contributed by atoms with van der Waals surface area (Å²) in [6.07, 6.45) is 0.217.